The molecule has 21 heavy (non-hydrogen) atoms. The van der Waals surface area contributed by atoms with Crippen molar-refractivity contribution in [3.8, 4) is 0 Å². The first-order valence-electron chi connectivity index (χ1n) is 7.06. The Balaban J connectivity index is 1.87. The van der Waals surface area contributed by atoms with Gasteiger partial charge in [0, 0.05) is 30.3 Å². The van der Waals surface area contributed by atoms with E-state index in [0.717, 1.165) is 34.7 Å². The van der Waals surface area contributed by atoms with E-state index in [0.29, 0.717) is 5.25 Å². The van der Waals surface area contributed by atoms with Crippen molar-refractivity contribution in [2.45, 2.75) is 12.2 Å². The maximum absolute atomic E-state index is 4.58. The van der Waals surface area contributed by atoms with Crippen LogP contribution in [0.15, 0.2) is 24.4 Å². The topological polar surface area (TPSA) is 58.5 Å². The maximum atomic E-state index is 4.58. The average molecular weight is 299 g/mol. The fourth-order valence-electron chi connectivity index (χ4n) is 3.01. The van der Waals surface area contributed by atoms with Crippen LogP contribution >= 0.6 is 11.8 Å². The van der Waals surface area contributed by atoms with Gasteiger partial charge in [0.25, 0.3) is 0 Å². The number of hydrogen-bond acceptors (Lipinski definition) is 4. The second-order valence-corrected chi connectivity index (χ2v) is 6.58. The van der Waals surface area contributed by atoms with E-state index in [1.807, 2.05) is 29.7 Å². The lowest BCUT2D eigenvalue weighted by atomic mass is 10.0. The number of benzene rings is 1. The minimum Gasteiger partial charge on any atom is -0.369 e. The molecule has 0 amide bonds. The first kappa shape index (κ1) is 12.8. The van der Waals surface area contributed by atoms with Gasteiger partial charge in [0.15, 0.2) is 0 Å². The molecule has 6 heteroatoms. The minimum absolute atomic E-state index is 0.322. The molecule has 0 saturated heterocycles. The predicted molar refractivity (Wildman–Crippen MR) is 86.8 cm³/mol. The molecule has 0 aliphatic carbocycles. The van der Waals surface area contributed by atoms with Crippen molar-refractivity contribution < 1.29 is 0 Å². The SMILES string of the molecule is Cc1nn(C)c2c1C(c1ccc3[nH]ncc3c1)SCCN2. The normalized spacial score (nSPS) is 18.3. The van der Waals surface area contributed by atoms with Crippen LogP contribution in [0.3, 0.4) is 0 Å². The van der Waals surface area contributed by atoms with E-state index < -0.39 is 0 Å². The Bertz CT molecular complexity index is 804. The van der Waals surface area contributed by atoms with Crippen LogP contribution in [-0.2, 0) is 7.05 Å². The first-order valence-corrected chi connectivity index (χ1v) is 8.11. The monoisotopic (exact) mass is 299 g/mol. The molecule has 0 radical (unpaired) electrons. The third-order valence-electron chi connectivity index (χ3n) is 3.98. The summed E-state index contributed by atoms with van der Waals surface area (Å²) in [5.74, 6) is 2.23. The lowest BCUT2D eigenvalue weighted by molar-refractivity contribution is 0.760. The number of thioether (sulfide) groups is 1. The molecule has 3 heterocycles. The molecule has 5 nitrogen and oxygen atoms in total. The van der Waals surface area contributed by atoms with Crippen molar-refractivity contribution in [1.82, 2.24) is 20.0 Å². The second kappa shape index (κ2) is 4.80. The number of anilines is 1. The van der Waals surface area contributed by atoms with Crippen molar-refractivity contribution in [2.75, 3.05) is 17.6 Å². The standard InChI is InChI=1S/C15H17N5S/c1-9-13-14(21-6-5-16-15(13)20(2)19-9)10-3-4-12-11(7-10)8-17-18-12/h3-4,7-8,14,16H,5-6H2,1-2H3,(H,17,18). The zero-order chi connectivity index (χ0) is 14.4. The van der Waals surface area contributed by atoms with Crippen LogP contribution in [0, 0.1) is 6.92 Å². The van der Waals surface area contributed by atoms with Gasteiger partial charge in [-0.3, -0.25) is 9.78 Å². The average Bonchev–Trinajstić information content (AvgIpc) is 2.95. The third-order valence-corrected chi connectivity index (χ3v) is 5.26. The van der Waals surface area contributed by atoms with Gasteiger partial charge in [-0.25, -0.2) is 0 Å². The number of hydrogen-bond donors (Lipinski definition) is 2. The van der Waals surface area contributed by atoms with Crippen molar-refractivity contribution in [3.63, 3.8) is 0 Å². The molecule has 2 N–H and O–H groups in total. The maximum Gasteiger partial charge on any atom is 0.128 e. The molecule has 108 valence electrons. The summed E-state index contributed by atoms with van der Waals surface area (Å²) in [6, 6.07) is 6.54. The largest absolute Gasteiger partial charge is 0.369 e. The summed E-state index contributed by atoms with van der Waals surface area (Å²) in [6.45, 7) is 3.07. The highest BCUT2D eigenvalue weighted by Gasteiger charge is 2.26. The number of aromatic nitrogens is 4. The van der Waals surface area contributed by atoms with E-state index in [-0.39, 0.29) is 0 Å². The molecule has 1 aliphatic rings. The first-order chi connectivity index (χ1) is 10.2. The van der Waals surface area contributed by atoms with Gasteiger partial charge in [-0.15, -0.1) is 11.8 Å². The number of fused-ring (bicyclic) bond motifs is 2. The molecule has 2 aromatic heterocycles. The van der Waals surface area contributed by atoms with Gasteiger partial charge in [0.05, 0.1) is 22.7 Å². The van der Waals surface area contributed by atoms with E-state index >= 15 is 0 Å². The van der Waals surface area contributed by atoms with Crippen LogP contribution in [0.4, 0.5) is 5.82 Å². The Hall–Kier alpha value is -1.95. The zero-order valence-electron chi connectivity index (χ0n) is 12.1. The summed E-state index contributed by atoms with van der Waals surface area (Å²) < 4.78 is 1.96. The quantitative estimate of drug-likeness (QED) is 0.725. The summed E-state index contributed by atoms with van der Waals surface area (Å²) in [6.07, 6.45) is 1.88. The van der Waals surface area contributed by atoms with Gasteiger partial charge in [0.2, 0.25) is 0 Å². The summed E-state index contributed by atoms with van der Waals surface area (Å²) in [4.78, 5) is 0. The van der Waals surface area contributed by atoms with Crippen LogP contribution in [-0.4, -0.2) is 32.3 Å². The van der Waals surface area contributed by atoms with Crippen molar-refractivity contribution in [3.05, 3.63) is 41.2 Å². The summed E-state index contributed by atoms with van der Waals surface area (Å²) in [5.41, 5.74) is 4.81. The van der Waals surface area contributed by atoms with E-state index in [1.165, 1.54) is 11.1 Å². The van der Waals surface area contributed by atoms with Gasteiger partial charge in [-0.2, -0.15) is 10.2 Å². The fourth-order valence-corrected chi connectivity index (χ4v) is 4.26. The zero-order valence-corrected chi connectivity index (χ0v) is 12.9. The fraction of sp³-hybridized carbons (Fsp3) is 0.333. The van der Waals surface area contributed by atoms with Crippen LogP contribution in [0.1, 0.15) is 22.1 Å². The number of aromatic amines is 1. The van der Waals surface area contributed by atoms with Crippen LogP contribution in [0.5, 0.6) is 0 Å². The number of nitrogens with zero attached hydrogens (tertiary/aromatic N) is 3. The Morgan fingerprint density at radius 1 is 1.38 bits per heavy atom. The Labute approximate surface area is 127 Å². The predicted octanol–water partition coefficient (Wildman–Crippen LogP) is 2.85. The highest BCUT2D eigenvalue weighted by molar-refractivity contribution is 7.99. The number of H-pyrrole nitrogens is 1. The van der Waals surface area contributed by atoms with E-state index in [4.69, 9.17) is 0 Å². The van der Waals surface area contributed by atoms with Crippen LogP contribution in [0.2, 0.25) is 0 Å². The number of aryl methyl sites for hydroxylation is 2. The van der Waals surface area contributed by atoms with Gasteiger partial charge in [-0.1, -0.05) is 6.07 Å². The second-order valence-electron chi connectivity index (χ2n) is 5.37. The molecule has 1 aliphatic heterocycles. The number of rotatable bonds is 1. The van der Waals surface area contributed by atoms with Gasteiger partial charge >= 0.3 is 0 Å². The molecule has 3 aromatic rings. The molecule has 1 unspecified atom stereocenters. The van der Waals surface area contributed by atoms with E-state index in [1.54, 1.807) is 0 Å². The highest BCUT2D eigenvalue weighted by atomic mass is 32.2. The molecule has 1 aromatic carbocycles. The van der Waals surface area contributed by atoms with Crippen LogP contribution in [0.25, 0.3) is 10.9 Å². The van der Waals surface area contributed by atoms with Crippen LogP contribution < -0.4 is 5.32 Å². The van der Waals surface area contributed by atoms with E-state index in [2.05, 4.69) is 45.7 Å². The minimum atomic E-state index is 0.322. The molecule has 0 spiro atoms. The molecule has 1 atom stereocenters. The van der Waals surface area contributed by atoms with E-state index in [9.17, 15) is 0 Å². The van der Waals surface area contributed by atoms with Crippen molar-refractivity contribution in [2.24, 2.45) is 7.05 Å². The lowest BCUT2D eigenvalue weighted by Gasteiger charge is -2.15. The molecular formula is C15H17N5S. The van der Waals surface area contributed by atoms with Gasteiger partial charge in [0.1, 0.15) is 5.82 Å². The molecule has 0 fully saturated rings. The highest BCUT2D eigenvalue weighted by Crippen LogP contribution is 2.43. The molecular weight excluding hydrogens is 282 g/mol. The molecule has 0 bridgehead atoms. The third kappa shape index (κ3) is 2.01. The van der Waals surface area contributed by atoms with Gasteiger partial charge in [-0.05, 0) is 24.6 Å². The van der Waals surface area contributed by atoms with Gasteiger partial charge < -0.3 is 5.32 Å². The Morgan fingerprint density at radius 2 is 2.29 bits per heavy atom. The summed E-state index contributed by atoms with van der Waals surface area (Å²) >= 11 is 1.97. The molecule has 0 saturated carbocycles. The smallest absolute Gasteiger partial charge is 0.128 e. The Morgan fingerprint density at radius 3 is 3.19 bits per heavy atom. The Kier molecular flexibility index (Phi) is 2.92. The van der Waals surface area contributed by atoms with Crippen molar-refractivity contribution >= 4 is 28.5 Å². The number of nitrogens with one attached hydrogen (secondary N) is 2. The summed E-state index contributed by atoms with van der Waals surface area (Å²) in [5, 5.41) is 16.7. The molecule has 4 rings (SSSR count). The summed E-state index contributed by atoms with van der Waals surface area (Å²) in [7, 11) is 2.01. The van der Waals surface area contributed by atoms with Crippen molar-refractivity contribution in [1.29, 1.82) is 0 Å². The lowest BCUT2D eigenvalue weighted by Crippen LogP contribution is -2.06.